The maximum Gasteiger partial charge on any atom is 0.417 e. The van der Waals surface area contributed by atoms with E-state index < -0.39 is 23.5 Å². The Bertz CT molecular complexity index is 586. The molecule has 0 aliphatic heterocycles. The first kappa shape index (κ1) is 22.1. The smallest absolute Gasteiger partial charge is 0.417 e. The van der Waals surface area contributed by atoms with Crippen molar-refractivity contribution in [3.05, 3.63) is 35.6 Å². The average molecular weight is 367 g/mol. The Balaban J connectivity index is 2.87. The fourth-order valence-electron chi connectivity index (χ4n) is 3.00. The van der Waals surface area contributed by atoms with Crippen LogP contribution in [-0.4, -0.2) is 29.2 Å². The van der Waals surface area contributed by atoms with E-state index in [1.807, 2.05) is 13.8 Å². The third kappa shape index (κ3) is 7.52. The predicted molar refractivity (Wildman–Crippen MR) is 98.1 cm³/mol. The number of esters is 1. The number of carboxylic acid groups (broad SMARTS) is 1. The zero-order valence-electron chi connectivity index (χ0n) is 15.8. The minimum atomic E-state index is -1.62. The van der Waals surface area contributed by atoms with Crippen LogP contribution in [0.15, 0.2) is 24.3 Å². The van der Waals surface area contributed by atoms with Crippen LogP contribution in [0.3, 0.4) is 0 Å². The van der Waals surface area contributed by atoms with Crippen molar-refractivity contribution in [1.29, 1.82) is 0 Å². The summed E-state index contributed by atoms with van der Waals surface area (Å²) in [6, 6.07) is 5.92. The number of carboxylic acids is 1. The molecule has 0 fully saturated rings. The molecule has 0 heterocycles. The number of hydrogen-bond acceptors (Lipinski definition) is 4. The van der Waals surface area contributed by atoms with Gasteiger partial charge in [0.05, 0.1) is 0 Å². The summed E-state index contributed by atoms with van der Waals surface area (Å²) in [7, 11) is 0. The van der Waals surface area contributed by atoms with Crippen molar-refractivity contribution in [2.75, 3.05) is 0 Å². The van der Waals surface area contributed by atoms with Gasteiger partial charge in [0.1, 0.15) is 11.9 Å². The Morgan fingerprint density at radius 2 is 1.85 bits per heavy atom. The van der Waals surface area contributed by atoms with Crippen LogP contribution in [0.4, 0.5) is 4.39 Å². The molecule has 0 saturated heterocycles. The van der Waals surface area contributed by atoms with Gasteiger partial charge in [0.15, 0.2) is 0 Å². The van der Waals surface area contributed by atoms with E-state index in [-0.39, 0.29) is 11.9 Å². The number of hydrogen-bond donors (Lipinski definition) is 2. The topological polar surface area (TPSA) is 89.6 Å². The minimum absolute atomic E-state index is 0.180. The molecule has 0 aliphatic carbocycles. The van der Waals surface area contributed by atoms with Crippen molar-refractivity contribution in [1.82, 2.24) is 0 Å². The van der Waals surface area contributed by atoms with Crippen LogP contribution >= 0.6 is 0 Å². The molecule has 0 saturated carbocycles. The van der Waals surface area contributed by atoms with E-state index in [0.29, 0.717) is 12.8 Å². The van der Waals surface area contributed by atoms with Gasteiger partial charge in [0, 0.05) is 17.9 Å². The lowest BCUT2D eigenvalue weighted by Crippen LogP contribution is -2.41. The molecule has 3 N–H and O–H groups in total. The number of benzene rings is 1. The number of nitrogens with two attached hydrogens (primary N) is 1. The number of unbranched alkanes of at least 4 members (excludes halogenated alkanes) is 2. The van der Waals surface area contributed by atoms with Crippen LogP contribution in [0.25, 0.3) is 0 Å². The molecular weight excluding hydrogens is 337 g/mol. The number of ether oxygens (including phenoxy) is 1. The molecule has 1 aromatic carbocycles. The van der Waals surface area contributed by atoms with E-state index >= 15 is 0 Å². The Morgan fingerprint density at radius 1 is 1.23 bits per heavy atom. The van der Waals surface area contributed by atoms with Gasteiger partial charge in [0.25, 0.3) is 0 Å². The third-order valence-electron chi connectivity index (χ3n) is 4.56. The number of carbonyl (C=O) groups excluding carboxylic acids is 1. The van der Waals surface area contributed by atoms with Crippen molar-refractivity contribution in [2.24, 2.45) is 11.1 Å². The quantitative estimate of drug-likeness (QED) is 0.374. The monoisotopic (exact) mass is 367 g/mol. The van der Waals surface area contributed by atoms with Gasteiger partial charge >= 0.3 is 11.9 Å². The van der Waals surface area contributed by atoms with Gasteiger partial charge in [0.2, 0.25) is 0 Å². The summed E-state index contributed by atoms with van der Waals surface area (Å²) < 4.78 is 18.4. The second kappa shape index (κ2) is 10.3. The third-order valence-corrected chi connectivity index (χ3v) is 4.56. The summed E-state index contributed by atoms with van der Waals surface area (Å²) in [5, 5.41) is 8.88. The highest BCUT2D eigenvalue weighted by molar-refractivity contribution is 6.28. The second-order valence-electron chi connectivity index (χ2n) is 7.48. The minimum Gasteiger partial charge on any atom is -0.473 e. The zero-order chi connectivity index (χ0) is 19.7. The van der Waals surface area contributed by atoms with E-state index in [2.05, 4.69) is 6.92 Å². The molecule has 0 spiro atoms. The standard InChI is InChI=1S/C20H30FNO4/c1-4-5-6-7-16(22)12-17(26-19(25)18(23)24)20(2,3)13-14-8-10-15(21)11-9-14/h8-11,16-17H,4-7,12-13,22H2,1-3H3,(H,23,24). The molecule has 26 heavy (non-hydrogen) atoms. The molecule has 0 aliphatic rings. The Morgan fingerprint density at radius 3 is 2.38 bits per heavy atom. The average Bonchev–Trinajstić information content (AvgIpc) is 2.56. The molecule has 0 radical (unpaired) electrons. The highest BCUT2D eigenvalue weighted by Gasteiger charge is 2.35. The SMILES string of the molecule is CCCCCC(N)CC(OC(=O)C(=O)O)C(C)(C)Cc1ccc(F)cc1. The number of rotatable bonds is 10. The molecule has 0 amide bonds. The predicted octanol–water partition coefficient (Wildman–Crippen LogP) is 3.69. The lowest BCUT2D eigenvalue weighted by Gasteiger charge is -2.35. The van der Waals surface area contributed by atoms with Crippen molar-refractivity contribution in [2.45, 2.75) is 71.4 Å². The zero-order valence-corrected chi connectivity index (χ0v) is 15.8. The van der Waals surface area contributed by atoms with Gasteiger partial charge < -0.3 is 15.6 Å². The first-order valence-electron chi connectivity index (χ1n) is 9.09. The van der Waals surface area contributed by atoms with Gasteiger partial charge in [-0.1, -0.05) is 52.2 Å². The van der Waals surface area contributed by atoms with Crippen LogP contribution in [0.2, 0.25) is 0 Å². The van der Waals surface area contributed by atoms with Crippen LogP contribution in [0.1, 0.15) is 58.4 Å². The summed E-state index contributed by atoms with van der Waals surface area (Å²) >= 11 is 0. The van der Waals surface area contributed by atoms with Crippen molar-refractivity contribution in [3.8, 4) is 0 Å². The summed E-state index contributed by atoms with van der Waals surface area (Å²) in [6.45, 7) is 5.90. The first-order valence-corrected chi connectivity index (χ1v) is 9.09. The first-order chi connectivity index (χ1) is 12.2. The molecule has 6 heteroatoms. The lowest BCUT2D eigenvalue weighted by atomic mass is 9.77. The molecular formula is C20H30FNO4. The Hall–Kier alpha value is -1.95. The van der Waals surface area contributed by atoms with E-state index in [1.165, 1.54) is 12.1 Å². The van der Waals surface area contributed by atoms with Crippen LogP contribution < -0.4 is 5.73 Å². The van der Waals surface area contributed by atoms with Gasteiger partial charge in [-0.25, -0.2) is 14.0 Å². The fraction of sp³-hybridized carbons (Fsp3) is 0.600. The van der Waals surface area contributed by atoms with Crippen LogP contribution in [0.5, 0.6) is 0 Å². The highest BCUT2D eigenvalue weighted by atomic mass is 19.1. The van der Waals surface area contributed by atoms with Crippen LogP contribution in [-0.2, 0) is 20.7 Å². The van der Waals surface area contributed by atoms with E-state index in [9.17, 15) is 14.0 Å². The maximum absolute atomic E-state index is 13.1. The highest BCUT2D eigenvalue weighted by Crippen LogP contribution is 2.32. The number of aliphatic carboxylic acids is 1. The van der Waals surface area contributed by atoms with Gasteiger partial charge in [-0.2, -0.15) is 0 Å². The fourth-order valence-corrected chi connectivity index (χ4v) is 3.00. The number of carbonyl (C=O) groups is 2. The second-order valence-corrected chi connectivity index (χ2v) is 7.48. The van der Waals surface area contributed by atoms with E-state index in [4.69, 9.17) is 15.6 Å². The Labute approximate surface area is 154 Å². The molecule has 5 nitrogen and oxygen atoms in total. The van der Waals surface area contributed by atoms with Gasteiger partial charge in [-0.15, -0.1) is 0 Å². The summed E-state index contributed by atoms with van der Waals surface area (Å²) in [5.41, 5.74) is 6.52. The lowest BCUT2D eigenvalue weighted by molar-refractivity contribution is -0.172. The van der Waals surface area contributed by atoms with Crippen LogP contribution in [0, 0.1) is 11.2 Å². The summed E-state index contributed by atoms with van der Waals surface area (Å²) in [6.07, 6.45) is 4.18. The molecule has 2 atom stereocenters. The van der Waals surface area contributed by atoms with E-state index in [0.717, 1.165) is 31.2 Å². The molecule has 0 aromatic heterocycles. The van der Waals surface area contributed by atoms with E-state index in [1.54, 1.807) is 12.1 Å². The number of halogens is 1. The molecule has 1 aromatic rings. The largest absolute Gasteiger partial charge is 0.473 e. The molecule has 146 valence electrons. The van der Waals surface area contributed by atoms with Gasteiger partial charge in [-0.05, 0) is 30.5 Å². The van der Waals surface area contributed by atoms with Gasteiger partial charge in [-0.3, -0.25) is 0 Å². The van der Waals surface area contributed by atoms with Crippen molar-refractivity contribution >= 4 is 11.9 Å². The molecule has 1 rings (SSSR count). The normalized spacial score (nSPS) is 13.9. The molecule has 2 unspecified atom stereocenters. The Kier molecular flexibility index (Phi) is 8.72. The summed E-state index contributed by atoms with van der Waals surface area (Å²) in [4.78, 5) is 22.5. The summed E-state index contributed by atoms with van der Waals surface area (Å²) in [5.74, 6) is -3.21. The maximum atomic E-state index is 13.1. The molecule has 0 bridgehead atoms. The van der Waals surface area contributed by atoms with Crippen molar-refractivity contribution < 1.29 is 23.8 Å². The van der Waals surface area contributed by atoms with Crippen molar-refractivity contribution in [3.63, 3.8) is 0 Å².